The Balaban J connectivity index is 1.40. The molecule has 0 saturated heterocycles. The molecule has 1 atom stereocenters. The fourth-order valence-corrected chi connectivity index (χ4v) is 3.64. The van der Waals surface area contributed by atoms with Crippen LogP contribution >= 0.6 is 0 Å². The maximum atomic E-state index is 12.7. The summed E-state index contributed by atoms with van der Waals surface area (Å²) in [5.41, 5.74) is 15.2. The number of hydrogen-bond acceptors (Lipinski definition) is 8. The van der Waals surface area contributed by atoms with Crippen LogP contribution in [0.4, 0.5) is 11.5 Å². The van der Waals surface area contributed by atoms with Gasteiger partial charge in [0.25, 0.3) is 0 Å². The molecule has 10 nitrogen and oxygen atoms in total. The van der Waals surface area contributed by atoms with E-state index in [2.05, 4.69) is 20.5 Å². The number of carbonyl (C=O) groups is 1. The number of hydrogen-bond donors (Lipinski definition) is 3. The number of nitrogens with two attached hydrogens (primary N) is 2. The summed E-state index contributed by atoms with van der Waals surface area (Å²) in [6.45, 7) is 0. The van der Waals surface area contributed by atoms with Crippen molar-refractivity contribution in [2.24, 2.45) is 16.5 Å². The number of esters is 1. The van der Waals surface area contributed by atoms with E-state index < -0.39 is 12.0 Å². The number of rotatable bonds is 9. The zero-order valence-electron chi connectivity index (χ0n) is 21.0. The van der Waals surface area contributed by atoms with Crippen LogP contribution in [0.25, 0.3) is 11.3 Å². The minimum absolute atomic E-state index is 0.0530. The summed E-state index contributed by atoms with van der Waals surface area (Å²) < 4.78 is 16.1. The minimum atomic E-state index is -0.605. The molecular formula is C28H28N6O4. The molecule has 0 radical (unpaired) electrons. The first-order valence-electron chi connectivity index (χ1n) is 11.7. The number of ether oxygens (including phenoxy) is 3. The smallest absolute Gasteiger partial charge is 0.313 e. The van der Waals surface area contributed by atoms with Gasteiger partial charge < -0.3 is 31.0 Å². The molecule has 38 heavy (non-hydrogen) atoms. The second-order valence-electron chi connectivity index (χ2n) is 8.16. The first kappa shape index (κ1) is 26.1. The van der Waals surface area contributed by atoms with Crippen LogP contribution in [-0.2, 0) is 4.79 Å². The number of nitrogens with one attached hydrogen (secondary N) is 1. The fraction of sp³-hybridized carbons (Fsp3) is 0.143. The van der Waals surface area contributed by atoms with E-state index in [0.717, 1.165) is 11.3 Å². The van der Waals surface area contributed by atoms with Crippen LogP contribution in [-0.4, -0.2) is 36.3 Å². The Morgan fingerprint density at radius 3 is 2.34 bits per heavy atom. The number of methoxy groups -OCH3 is 2. The van der Waals surface area contributed by atoms with E-state index in [0.29, 0.717) is 28.6 Å². The van der Waals surface area contributed by atoms with Gasteiger partial charge in [0.2, 0.25) is 0 Å². The maximum Gasteiger partial charge on any atom is 0.313 e. The molecule has 1 aromatic heterocycles. The van der Waals surface area contributed by atoms with Gasteiger partial charge in [-0.05, 0) is 42.0 Å². The van der Waals surface area contributed by atoms with E-state index >= 15 is 0 Å². The average molecular weight is 513 g/mol. The standard InChI is InChI=1S/C28H28N6O4/c1-36-24-14-12-19(16-25(24)37-2)20(29)17-27(35)38-23-11-7-6-10-22(23)31-28(30)32-26-15-13-21(33-34-26)18-8-4-3-5-9-18/h3-16,20H,17,29H2,1-2H3,(H3,30,31,32,34). The van der Waals surface area contributed by atoms with Crippen molar-refractivity contribution < 1.29 is 19.0 Å². The molecule has 0 amide bonds. The monoisotopic (exact) mass is 512 g/mol. The van der Waals surface area contributed by atoms with E-state index in [1.54, 1.807) is 55.6 Å². The lowest BCUT2D eigenvalue weighted by molar-refractivity contribution is -0.134. The van der Waals surface area contributed by atoms with Crippen molar-refractivity contribution in [3.05, 3.63) is 90.5 Å². The summed E-state index contributed by atoms with van der Waals surface area (Å²) in [6, 6.07) is 24.7. The lowest BCUT2D eigenvalue weighted by atomic mass is 10.0. The van der Waals surface area contributed by atoms with Crippen LogP contribution in [0, 0.1) is 0 Å². The molecule has 194 valence electrons. The Labute approximate surface area is 220 Å². The third-order valence-corrected chi connectivity index (χ3v) is 5.55. The molecule has 4 aromatic rings. The first-order chi connectivity index (χ1) is 18.5. The second-order valence-corrected chi connectivity index (χ2v) is 8.16. The van der Waals surface area contributed by atoms with Crippen molar-refractivity contribution in [1.29, 1.82) is 0 Å². The first-order valence-corrected chi connectivity index (χ1v) is 11.7. The molecule has 0 aliphatic heterocycles. The highest BCUT2D eigenvalue weighted by atomic mass is 16.5. The van der Waals surface area contributed by atoms with E-state index in [4.69, 9.17) is 25.7 Å². The summed E-state index contributed by atoms with van der Waals surface area (Å²) in [6.07, 6.45) is -0.0588. The highest BCUT2D eigenvalue weighted by Gasteiger charge is 2.17. The van der Waals surface area contributed by atoms with Gasteiger partial charge in [0.05, 0.1) is 32.0 Å². The van der Waals surface area contributed by atoms with Crippen molar-refractivity contribution in [3.63, 3.8) is 0 Å². The van der Waals surface area contributed by atoms with Gasteiger partial charge in [-0.25, -0.2) is 0 Å². The molecule has 0 aliphatic rings. The molecule has 4 rings (SSSR count). The molecule has 1 unspecified atom stereocenters. The van der Waals surface area contributed by atoms with Gasteiger partial charge in [-0.1, -0.05) is 48.5 Å². The molecule has 0 spiro atoms. The maximum absolute atomic E-state index is 12.7. The molecule has 0 aliphatic carbocycles. The summed E-state index contributed by atoms with van der Waals surface area (Å²) in [4.78, 5) is 16.9. The van der Waals surface area contributed by atoms with Gasteiger partial charge in [0.1, 0.15) is 0 Å². The van der Waals surface area contributed by atoms with Crippen molar-refractivity contribution in [1.82, 2.24) is 10.2 Å². The minimum Gasteiger partial charge on any atom is -0.493 e. The predicted molar refractivity (Wildman–Crippen MR) is 146 cm³/mol. The van der Waals surface area contributed by atoms with Crippen molar-refractivity contribution in [2.45, 2.75) is 12.5 Å². The third kappa shape index (κ3) is 6.62. The van der Waals surface area contributed by atoms with Crippen LogP contribution < -0.4 is 31.0 Å². The fourth-order valence-electron chi connectivity index (χ4n) is 3.64. The van der Waals surface area contributed by atoms with Gasteiger partial charge in [0.15, 0.2) is 29.0 Å². The topological polar surface area (TPSA) is 147 Å². The van der Waals surface area contributed by atoms with Gasteiger partial charge >= 0.3 is 5.97 Å². The van der Waals surface area contributed by atoms with Crippen LogP contribution in [0.15, 0.2) is 89.9 Å². The largest absolute Gasteiger partial charge is 0.493 e. The molecular weight excluding hydrogens is 484 g/mol. The molecule has 10 heteroatoms. The predicted octanol–water partition coefficient (Wildman–Crippen LogP) is 4.21. The van der Waals surface area contributed by atoms with Crippen LogP contribution in [0.2, 0.25) is 0 Å². The Morgan fingerprint density at radius 1 is 0.895 bits per heavy atom. The van der Waals surface area contributed by atoms with Gasteiger partial charge in [-0.2, -0.15) is 4.99 Å². The van der Waals surface area contributed by atoms with E-state index in [1.165, 1.54) is 7.11 Å². The summed E-state index contributed by atoms with van der Waals surface area (Å²) in [5, 5.41) is 11.3. The van der Waals surface area contributed by atoms with Crippen molar-refractivity contribution in [2.75, 3.05) is 19.5 Å². The lowest BCUT2D eigenvalue weighted by Gasteiger charge is -2.15. The van der Waals surface area contributed by atoms with Crippen LogP contribution in [0.1, 0.15) is 18.0 Å². The summed E-state index contributed by atoms with van der Waals surface area (Å²) >= 11 is 0. The number of benzene rings is 3. The number of aromatic nitrogens is 2. The molecule has 1 heterocycles. The van der Waals surface area contributed by atoms with Gasteiger partial charge in [-0.15, -0.1) is 10.2 Å². The zero-order valence-corrected chi connectivity index (χ0v) is 21.0. The highest BCUT2D eigenvalue weighted by molar-refractivity contribution is 5.95. The number of aliphatic imine (C=N–C) groups is 1. The number of nitrogens with zero attached hydrogens (tertiary/aromatic N) is 3. The summed E-state index contributed by atoms with van der Waals surface area (Å²) in [7, 11) is 3.08. The molecule has 0 fully saturated rings. The van der Waals surface area contributed by atoms with E-state index in [1.807, 2.05) is 36.4 Å². The van der Waals surface area contributed by atoms with Crippen LogP contribution in [0.5, 0.6) is 17.2 Å². The quantitative estimate of drug-likeness (QED) is 0.130. The normalized spacial score (nSPS) is 11.9. The van der Waals surface area contributed by atoms with Crippen molar-refractivity contribution in [3.8, 4) is 28.5 Å². The van der Waals surface area contributed by atoms with E-state index in [-0.39, 0.29) is 18.1 Å². The highest BCUT2D eigenvalue weighted by Crippen LogP contribution is 2.31. The molecule has 0 bridgehead atoms. The third-order valence-electron chi connectivity index (χ3n) is 5.55. The molecule has 3 aromatic carbocycles. The Hall–Kier alpha value is -4.96. The second kappa shape index (κ2) is 12.3. The lowest BCUT2D eigenvalue weighted by Crippen LogP contribution is -2.23. The summed E-state index contributed by atoms with van der Waals surface area (Å²) in [5.74, 6) is 1.24. The number of guanidine groups is 1. The SMILES string of the molecule is COc1ccc(C(N)CC(=O)Oc2ccccc2NC(N)=Nc2ccc(-c3ccccc3)nn2)cc1OC. The van der Waals surface area contributed by atoms with Crippen molar-refractivity contribution >= 4 is 23.4 Å². The number of para-hydroxylation sites is 2. The zero-order chi connectivity index (χ0) is 26.9. The average Bonchev–Trinajstić information content (AvgIpc) is 2.94. The Morgan fingerprint density at radius 2 is 1.63 bits per heavy atom. The molecule has 0 saturated carbocycles. The van der Waals surface area contributed by atoms with Crippen LogP contribution in [0.3, 0.4) is 0 Å². The Kier molecular flexibility index (Phi) is 8.47. The van der Waals surface area contributed by atoms with E-state index in [9.17, 15) is 4.79 Å². The molecule has 5 N–H and O–H groups in total. The Bertz CT molecular complexity index is 1410. The van der Waals surface area contributed by atoms with Gasteiger partial charge in [-0.3, -0.25) is 4.79 Å². The number of anilines is 1. The number of carbonyl (C=O) groups excluding carboxylic acids is 1. The van der Waals surface area contributed by atoms with Gasteiger partial charge in [0, 0.05) is 11.6 Å².